The van der Waals surface area contributed by atoms with Crippen LogP contribution in [0.1, 0.15) is 28.0 Å². The van der Waals surface area contributed by atoms with Crippen LogP contribution in [-0.2, 0) is 22.6 Å². The smallest absolute Gasteiger partial charge is 0.246 e. The van der Waals surface area contributed by atoms with E-state index in [0.717, 1.165) is 27.0 Å². The summed E-state index contributed by atoms with van der Waals surface area (Å²) in [4.78, 5) is 31.3. The van der Waals surface area contributed by atoms with E-state index in [1.54, 1.807) is 30.3 Å². The van der Waals surface area contributed by atoms with Gasteiger partial charge in [-0.3, -0.25) is 9.59 Å². The summed E-state index contributed by atoms with van der Waals surface area (Å²) < 4.78 is 14.7. The third-order valence-corrected chi connectivity index (χ3v) is 6.78. The zero-order valence-electron chi connectivity index (χ0n) is 17.7. The number of likely N-dealkylation sites (N-methyl/N-ethyl adjacent to an activating group) is 1. The molecule has 1 aliphatic heterocycles. The van der Waals surface area contributed by atoms with Gasteiger partial charge in [-0.25, -0.2) is 9.37 Å². The van der Waals surface area contributed by atoms with Crippen molar-refractivity contribution in [2.24, 2.45) is 5.73 Å². The number of carbonyl (C=O) groups is 2. The Labute approximate surface area is 195 Å². The number of carbonyl (C=O) groups excluding carboxylic acids is 2. The molecule has 4 rings (SSSR count). The van der Waals surface area contributed by atoms with Crippen molar-refractivity contribution >= 4 is 57.5 Å². The highest BCUT2D eigenvalue weighted by molar-refractivity contribution is 7.19. The number of amides is 2. The molecule has 2 aromatic heterocycles. The maximum absolute atomic E-state index is 14.1. The van der Waals surface area contributed by atoms with Gasteiger partial charge < -0.3 is 16.0 Å². The molecule has 0 fully saturated rings. The van der Waals surface area contributed by atoms with Crippen LogP contribution >= 0.6 is 23.7 Å². The minimum atomic E-state index is -0.547. The zero-order valence-corrected chi connectivity index (χ0v) is 19.4. The van der Waals surface area contributed by atoms with Crippen molar-refractivity contribution in [3.05, 3.63) is 63.9 Å². The number of benzene rings is 1. The van der Waals surface area contributed by atoms with Crippen molar-refractivity contribution in [1.82, 2.24) is 9.88 Å². The van der Waals surface area contributed by atoms with E-state index < -0.39 is 6.04 Å². The first kappa shape index (κ1) is 23.8. The summed E-state index contributed by atoms with van der Waals surface area (Å²) in [6.45, 7) is 2.36. The molecule has 2 amide bonds. The second-order valence-electron chi connectivity index (χ2n) is 7.71. The Bertz CT molecular complexity index is 1210. The largest absolute Gasteiger partial charge is 0.337 e. The second-order valence-corrected chi connectivity index (χ2v) is 8.81. The van der Waals surface area contributed by atoms with Gasteiger partial charge in [0.2, 0.25) is 11.8 Å². The Morgan fingerprint density at radius 3 is 2.97 bits per heavy atom. The number of fused-ring (bicyclic) bond motifs is 2. The predicted octanol–water partition coefficient (Wildman–Crippen LogP) is 4.05. The van der Waals surface area contributed by atoms with Gasteiger partial charge in [-0.15, -0.1) is 23.7 Å². The number of nitrogens with zero attached hydrogens (tertiary/aromatic N) is 2. The van der Waals surface area contributed by atoms with Crippen molar-refractivity contribution in [2.75, 3.05) is 12.4 Å². The zero-order chi connectivity index (χ0) is 22.1. The quantitative estimate of drug-likeness (QED) is 0.558. The number of aromatic nitrogens is 1. The molecule has 0 aliphatic carbocycles. The number of rotatable bonds is 4. The lowest BCUT2D eigenvalue weighted by atomic mass is 10.1. The van der Waals surface area contributed by atoms with Gasteiger partial charge in [0, 0.05) is 24.2 Å². The number of halogens is 2. The predicted molar refractivity (Wildman–Crippen MR) is 128 cm³/mol. The van der Waals surface area contributed by atoms with Gasteiger partial charge in [0.15, 0.2) is 0 Å². The lowest BCUT2D eigenvalue weighted by molar-refractivity contribution is -0.125. The number of nitrogens with one attached hydrogen (secondary N) is 1. The van der Waals surface area contributed by atoms with Gasteiger partial charge in [0.1, 0.15) is 11.6 Å². The Kier molecular flexibility index (Phi) is 7.28. The minimum absolute atomic E-state index is 0. The molecular formula is C23H24ClFN4O2S. The first-order chi connectivity index (χ1) is 14.8. The monoisotopic (exact) mass is 474 g/mol. The third-order valence-electron chi connectivity index (χ3n) is 5.48. The summed E-state index contributed by atoms with van der Waals surface area (Å²) in [6.07, 6.45) is 5.99. The molecule has 1 aliphatic rings. The minimum Gasteiger partial charge on any atom is -0.337 e. The normalized spacial score (nSPS) is 15.8. The fourth-order valence-electron chi connectivity index (χ4n) is 3.57. The highest BCUT2D eigenvalue weighted by Crippen LogP contribution is 2.33. The van der Waals surface area contributed by atoms with Crippen molar-refractivity contribution in [1.29, 1.82) is 0 Å². The summed E-state index contributed by atoms with van der Waals surface area (Å²) >= 11 is 1.38. The van der Waals surface area contributed by atoms with Crippen LogP contribution in [0.3, 0.4) is 0 Å². The number of aryl methyl sites for hydroxylation is 2. The highest BCUT2D eigenvalue weighted by Gasteiger charge is 2.21. The number of hydrogen-bond acceptors (Lipinski definition) is 5. The lowest BCUT2D eigenvalue weighted by Crippen LogP contribution is -2.34. The maximum atomic E-state index is 14.1. The number of thiophene rings is 1. The van der Waals surface area contributed by atoms with Gasteiger partial charge in [0.05, 0.1) is 17.3 Å². The molecule has 32 heavy (non-hydrogen) atoms. The average Bonchev–Trinajstić information content (AvgIpc) is 2.99. The highest BCUT2D eigenvalue weighted by atomic mass is 35.5. The van der Waals surface area contributed by atoms with E-state index in [0.29, 0.717) is 29.9 Å². The number of hydrogen-bond donors (Lipinski definition) is 2. The number of anilines is 1. The molecule has 3 heterocycles. The molecule has 0 radical (unpaired) electrons. The van der Waals surface area contributed by atoms with E-state index in [4.69, 9.17) is 5.73 Å². The molecular weight excluding hydrogens is 451 g/mol. The van der Waals surface area contributed by atoms with Crippen molar-refractivity contribution < 1.29 is 14.0 Å². The summed E-state index contributed by atoms with van der Waals surface area (Å²) in [5.41, 5.74) is 8.47. The molecule has 1 unspecified atom stereocenters. The van der Waals surface area contributed by atoms with Crippen LogP contribution in [0.25, 0.3) is 16.2 Å². The van der Waals surface area contributed by atoms with Crippen molar-refractivity contribution in [3.8, 4) is 0 Å². The molecule has 0 saturated heterocycles. The summed E-state index contributed by atoms with van der Waals surface area (Å²) in [5, 5.41) is 3.62. The Hall–Kier alpha value is -2.81. The van der Waals surface area contributed by atoms with Crippen LogP contribution in [0.15, 0.2) is 36.5 Å². The Balaban J connectivity index is 0.00000289. The van der Waals surface area contributed by atoms with Gasteiger partial charge in [0.25, 0.3) is 0 Å². The average molecular weight is 475 g/mol. The third kappa shape index (κ3) is 4.82. The molecule has 3 N–H and O–H groups in total. The van der Waals surface area contributed by atoms with E-state index in [2.05, 4.69) is 10.3 Å². The van der Waals surface area contributed by atoms with Crippen LogP contribution in [0, 0.1) is 12.7 Å². The van der Waals surface area contributed by atoms with Gasteiger partial charge >= 0.3 is 0 Å². The van der Waals surface area contributed by atoms with E-state index >= 15 is 0 Å². The SMILES string of the molecule is Cc1c(CN(C)C(=O)/C=C/c2cnc3c(c2)CCC(N)C(=O)N3)sc2c(F)cccc12.Cl. The van der Waals surface area contributed by atoms with Crippen LogP contribution < -0.4 is 11.1 Å². The molecule has 0 spiro atoms. The van der Waals surface area contributed by atoms with E-state index in [1.165, 1.54) is 23.5 Å². The van der Waals surface area contributed by atoms with E-state index in [1.807, 2.05) is 19.1 Å². The first-order valence-electron chi connectivity index (χ1n) is 9.98. The molecule has 0 saturated carbocycles. The molecule has 3 aromatic rings. The maximum Gasteiger partial charge on any atom is 0.246 e. The van der Waals surface area contributed by atoms with Gasteiger partial charge in [-0.2, -0.15) is 0 Å². The second kappa shape index (κ2) is 9.77. The van der Waals surface area contributed by atoms with Crippen molar-refractivity contribution in [2.45, 2.75) is 32.4 Å². The molecule has 1 aromatic carbocycles. The van der Waals surface area contributed by atoms with Crippen LogP contribution in [-0.4, -0.2) is 34.8 Å². The van der Waals surface area contributed by atoms with E-state index in [9.17, 15) is 14.0 Å². The number of nitrogens with two attached hydrogens (primary N) is 1. The number of pyridine rings is 1. The van der Waals surface area contributed by atoms with Crippen molar-refractivity contribution in [3.63, 3.8) is 0 Å². The van der Waals surface area contributed by atoms with Crippen LogP contribution in [0.5, 0.6) is 0 Å². The fraction of sp³-hybridized carbons (Fsp3) is 0.261. The van der Waals surface area contributed by atoms with E-state index in [-0.39, 0.29) is 30.0 Å². The molecule has 1 atom stereocenters. The topological polar surface area (TPSA) is 88.3 Å². The molecule has 0 bridgehead atoms. The summed E-state index contributed by atoms with van der Waals surface area (Å²) in [7, 11) is 1.72. The Morgan fingerprint density at radius 2 is 2.22 bits per heavy atom. The molecule has 6 nitrogen and oxygen atoms in total. The standard InChI is InChI=1S/C23H23FN4O2S.ClH/c1-13-16-4-3-5-17(24)21(16)31-19(13)12-28(2)20(29)9-6-14-10-15-7-8-18(25)23(30)27-22(15)26-11-14;/h3-6,9-11,18H,7-8,12,25H2,1-2H3,(H,26,27,30);1H/b9-6+;. The lowest BCUT2D eigenvalue weighted by Gasteiger charge is -2.14. The van der Waals surface area contributed by atoms with Crippen LogP contribution in [0.2, 0.25) is 0 Å². The van der Waals surface area contributed by atoms with Gasteiger partial charge in [-0.05, 0) is 60.1 Å². The summed E-state index contributed by atoms with van der Waals surface area (Å²) in [6, 6.07) is 6.41. The van der Waals surface area contributed by atoms with Crippen LogP contribution in [0.4, 0.5) is 10.2 Å². The first-order valence-corrected chi connectivity index (χ1v) is 10.8. The summed E-state index contributed by atoms with van der Waals surface area (Å²) in [5.74, 6) is -0.116. The fourth-order valence-corrected chi connectivity index (χ4v) is 4.84. The molecule has 168 valence electrons. The molecule has 9 heteroatoms. The van der Waals surface area contributed by atoms with Gasteiger partial charge in [-0.1, -0.05) is 12.1 Å². The Morgan fingerprint density at radius 1 is 1.44 bits per heavy atom.